The average Bonchev–Trinajstić information content (AvgIpc) is 2.90. The Morgan fingerprint density at radius 3 is 2.67 bits per heavy atom. The van der Waals surface area contributed by atoms with Crippen LogP contribution in [0.2, 0.25) is 0 Å². The number of aliphatic imine (C=N–C) groups is 1. The third kappa shape index (κ3) is 6.83. The van der Waals surface area contributed by atoms with E-state index in [4.69, 9.17) is 10.2 Å². The first kappa shape index (κ1) is 17.1. The van der Waals surface area contributed by atoms with Crippen molar-refractivity contribution in [2.45, 2.75) is 39.7 Å². The zero-order valence-corrected chi connectivity index (χ0v) is 13.1. The van der Waals surface area contributed by atoms with Crippen LogP contribution in [0.5, 0.6) is 0 Å². The molecule has 0 saturated carbocycles. The van der Waals surface area contributed by atoms with Gasteiger partial charge in [-0.3, -0.25) is 9.79 Å². The number of carbonyl (C=O) groups is 1. The van der Waals surface area contributed by atoms with Crippen LogP contribution in [0.4, 0.5) is 0 Å². The highest BCUT2D eigenvalue weighted by molar-refractivity contribution is 5.89. The summed E-state index contributed by atoms with van der Waals surface area (Å²) in [6.07, 6.45) is 3.57. The van der Waals surface area contributed by atoms with Crippen molar-refractivity contribution in [3.05, 3.63) is 23.7 Å². The van der Waals surface area contributed by atoms with Gasteiger partial charge in [0.25, 0.3) is 5.91 Å². The minimum absolute atomic E-state index is 0.170. The van der Waals surface area contributed by atoms with Crippen molar-refractivity contribution in [3.8, 4) is 0 Å². The van der Waals surface area contributed by atoms with Gasteiger partial charge in [0.15, 0.2) is 11.7 Å². The van der Waals surface area contributed by atoms with E-state index in [0.29, 0.717) is 12.3 Å². The molecular weight excluding hydrogens is 268 g/mol. The van der Waals surface area contributed by atoms with Gasteiger partial charge in [-0.05, 0) is 24.5 Å². The van der Waals surface area contributed by atoms with Gasteiger partial charge < -0.3 is 20.8 Å². The Hall–Kier alpha value is -1.98. The predicted molar refractivity (Wildman–Crippen MR) is 84.1 cm³/mol. The number of carbonyl (C=O) groups excluding carboxylic acids is 1. The lowest BCUT2D eigenvalue weighted by atomic mass is 10.1. The molecule has 0 bridgehead atoms. The molecule has 0 aliphatic carbocycles. The highest BCUT2D eigenvalue weighted by atomic mass is 16.3. The van der Waals surface area contributed by atoms with E-state index in [1.165, 1.54) is 12.8 Å². The molecule has 0 radical (unpaired) electrons. The topological polar surface area (TPSA) is 92.6 Å². The molecule has 118 valence electrons. The quantitative estimate of drug-likeness (QED) is 0.388. The number of nitrogens with two attached hydrogens (primary N) is 1. The van der Waals surface area contributed by atoms with Gasteiger partial charge in [-0.25, -0.2) is 0 Å². The van der Waals surface area contributed by atoms with Gasteiger partial charge in [0.1, 0.15) is 5.76 Å². The molecule has 0 aromatic carbocycles. The van der Waals surface area contributed by atoms with Gasteiger partial charge in [0.2, 0.25) is 0 Å². The lowest BCUT2D eigenvalue weighted by Gasteiger charge is -2.11. The van der Waals surface area contributed by atoms with E-state index in [1.807, 2.05) is 0 Å². The van der Waals surface area contributed by atoms with Crippen LogP contribution >= 0.6 is 0 Å². The number of nitrogens with one attached hydrogen (secondary N) is 2. The highest BCUT2D eigenvalue weighted by Gasteiger charge is 2.07. The van der Waals surface area contributed by atoms with Gasteiger partial charge in [0.05, 0.1) is 6.54 Å². The van der Waals surface area contributed by atoms with Gasteiger partial charge >= 0.3 is 0 Å². The summed E-state index contributed by atoms with van der Waals surface area (Å²) in [4.78, 5) is 15.1. The van der Waals surface area contributed by atoms with Crippen LogP contribution in [-0.4, -0.2) is 25.5 Å². The van der Waals surface area contributed by atoms with Crippen LogP contribution in [0.15, 0.2) is 21.5 Å². The zero-order chi connectivity index (χ0) is 15.7. The first-order chi connectivity index (χ1) is 10.0. The van der Waals surface area contributed by atoms with Crippen LogP contribution in [0.25, 0.3) is 0 Å². The van der Waals surface area contributed by atoms with Crippen molar-refractivity contribution < 1.29 is 9.21 Å². The van der Waals surface area contributed by atoms with Crippen LogP contribution in [0, 0.1) is 5.92 Å². The molecule has 1 heterocycles. The summed E-state index contributed by atoms with van der Waals surface area (Å²) in [7, 11) is 1.72. The first-order valence-corrected chi connectivity index (χ1v) is 7.36. The summed E-state index contributed by atoms with van der Waals surface area (Å²) < 4.78 is 5.29. The molecule has 0 aliphatic heterocycles. The van der Waals surface area contributed by atoms with E-state index in [0.717, 1.165) is 24.8 Å². The standard InChI is InChI=1S/C15H26N4O2/c1-11(2)6-4-5-9-18-15(17-3)19-10-12-7-8-13(21-12)14(16)20/h7-8,11H,4-6,9-10H2,1-3H3,(H2,16,20)(H2,17,18,19). The molecule has 0 unspecified atom stereocenters. The number of furan rings is 1. The van der Waals surface area contributed by atoms with Gasteiger partial charge in [0, 0.05) is 13.6 Å². The fourth-order valence-electron chi connectivity index (χ4n) is 1.88. The number of guanidine groups is 1. The minimum atomic E-state index is -0.561. The van der Waals surface area contributed by atoms with Gasteiger partial charge in [-0.1, -0.05) is 26.7 Å². The number of amides is 1. The van der Waals surface area contributed by atoms with Crippen LogP contribution in [0.1, 0.15) is 49.4 Å². The highest BCUT2D eigenvalue weighted by Crippen LogP contribution is 2.07. The SMILES string of the molecule is CN=C(NCCCCC(C)C)NCc1ccc(C(N)=O)o1. The molecular formula is C15H26N4O2. The number of unbranched alkanes of at least 4 members (excludes halogenated alkanes) is 1. The number of rotatable bonds is 8. The number of primary amides is 1. The largest absolute Gasteiger partial charge is 0.454 e. The molecule has 1 aromatic heterocycles. The lowest BCUT2D eigenvalue weighted by molar-refractivity contribution is 0.0972. The van der Waals surface area contributed by atoms with Crippen molar-refractivity contribution in [1.82, 2.24) is 10.6 Å². The summed E-state index contributed by atoms with van der Waals surface area (Å²) in [5.74, 6) is 1.72. The van der Waals surface area contributed by atoms with Gasteiger partial charge in [-0.15, -0.1) is 0 Å². The minimum Gasteiger partial charge on any atom is -0.454 e. The number of hydrogen-bond acceptors (Lipinski definition) is 3. The Labute approximate surface area is 126 Å². The summed E-state index contributed by atoms with van der Waals surface area (Å²) >= 11 is 0. The molecule has 6 heteroatoms. The van der Waals surface area contributed by atoms with Crippen molar-refractivity contribution in [2.24, 2.45) is 16.6 Å². The second-order valence-electron chi connectivity index (χ2n) is 5.37. The molecule has 0 aliphatic rings. The monoisotopic (exact) mass is 294 g/mol. The van der Waals surface area contributed by atoms with Gasteiger partial charge in [-0.2, -0.15) is 0 Å². The van der Waals surface area contributed by atoms with E-state index >= 15 is 0 Å². The van der Waals surface area contributed by atoms with E-state index < -0.39 is 5.91 Å². The zero-order valence-electron chi connectivity index (χ0n) is 13.1. The first-order valence-electron chi connectivity index (χ1n) is 7.36. The molecule has 21 heavy (non-hydrogen) atoms. The molecule has 1 amide bonds. The number of nitrogens with zero attached hydrogens (tertiary/aromatic N) is 1. The maximum absolute atomic E-state index is 10.9. The molecule has 0 atom stereocenters. The maximum atomic E-state index is 10.9. The lowest BCUT2D eigenvalue weighted by Crippen LogP contribution is -2.37. The van der Waals surface area contributed by atoms with Crippen molar-refractivity contribution in [3.63, 3.8) is 0 Å². The van der Waals surface area contributed by atoms with E-state index in [1.54, 1.807) is 19.2 Å². The fraction of sp³-hybridized carbons (Fsp3) is 0.600. The van der Waals surface area contributed by atoms with E-state index in [9.17, 15) is 4.79 Å². The molecule has 0 fully saturated rings. The average molecular weight is 294 g/mol. The second-order valence-corrected chi connectivity index (χ2v) is 5.37. The number of hydrogen-bond donors (Lipinski definition) is 3. The summed E-state index contributed by atoms with van der Waals surface area (Å²) in [6, 6.07) is 3.30. The Kier molecular flexibility index (Phi) is 7.36. The van der Waals surface area contributed by atoms with Crippen LogP contribution in [-0.2, 0) is 6.54 Å². The van der Waals surface area contributed by atoms with Crippen molar-refractivity contribution >= 4 is 11.9 Å². The molecule has 1 rings (SSSR count). The Balaban J connectivity index is 2.26. The molecule has 0 saturated heterocycles. The summed E-state index contributed by atoms with van der Waals surface area (Å²) in [5.41, 5.74) is 5.14. The van der Waals surface area contributed by atoms with Crippen LogP contribution < -0.4 is 16.4 Å². The maximum Gasteiger partial charge on any atom is 0.284 e. The molecule has 0 spiro atoms. The summed E-state index contributed by atoms with van der Waals surface area (Å²) in [5, 5.41) is 6.38. The fourth-order valence-corrected chi connectivity index (χ4v) is 1.88. The smallest absolute Gasteiger partial charge is 0.284 e. The summed E-state index contributed by atoms with van der Waals surface area (Å²) in [6.45, 7) is 5.81. The Morgan fingerprint density at radius 2 is 2.10 bits per heavy atom. The normalized spacial score (nSPS) is 11.7. The van der Waals surface area contributed by atoms with Crippen molar-refractivity contribution in [2.75, 3.05) is 13.6 Å². The second kappa shape index (κ2) is 9.05. The Bertz CT molecular complexity index is 466. The third-order valence-electron chi connectivity index (χ3n) is 3.06. The third-order valence-corrected chi connectivity index (χ3v) is 3.06. The molecule has 1 aromatic rings. The van der Waals surface area contributed by atoms with E-state index in [-0.39, 0.29) is 5.76 Å². The Morgan fingerprint density at radius 1 is 1.33 bits per heavy atom. The van der Waals surface area contributed by atoms with Crippen molar-refractivity contribution in [1.29, 1.82) is 0 Å². The van der Waals surface area contributed by atoms with Crippen LogP contribution in [0.3, 0.4) is 0 Å². The molecule has 4 N–H and O–H groups in total. The predicted octanol–water partition coefficient (Wildman–Crippen LogP) is 1.87. The van der Waals surface area contributed by atoms with E-state index in [2.05, 4.69) is 29.5 Å². The molecule has 6 nitrogen and oxygen atoms in total.